The van der Waals surface area contributed by atoms with E-state index in [2.05, 4.69) is 10.3 Å². The van der Waals surface area contributed by atoms with E-state index in [9.17, 15) is 15.0 Å². The molecule has 5 heteroatoms. The van der Waals surface area contributed by atoms with E-state index in [4.69, 9.17) is 0 Å². The van der Waals surface area contributed by atoms with Gasteiger partial charge in [0.2, 0.25) is 5.91 Å². The number of carbonyl (C=O) groups excluding carboxylic acids is 1. The van der Waals surface area contributed by atoms with Crippen LogP contribution in [0, 0.1) is 5.92 Å². The van der Waals surface area contributed by atoms with E-state index in [0.717, 1.165) is 17.5 Å². The maximum atomic E-state index is 12.1. The number of amides is 1. The maximum absolute atomic E-state index is 12.1. The summed E-state index contributed by atoms with van der Waals surface area (Å²) in [4.78, 5) is 16.0. The minimum atomic E-state index is -0.207. The Hall–Kier alpha value is -2.56. The molecule has 1 atom stereocenters. The number of hydrogen-bond donors (Lipinski definition) is 3. The Morgan fingerprint density at radius 2 is 1.86 bits per heavy atom. The molecule has 22 heavy (non-hydrogen) atoms. The van der Waals surface area contributed by atoms with Gasteiger partial charge in [0.1, 0.15) is 0 Å². The van der Waals surface area contributed by atoms with Crippen LogP contribution in [-0.2, 0) is 17.6 Å². The van der Waals surface area contributed by atoms with Crippen molar-refractivity contribution >= 4 is 5.91 Å². The molecule has 2 rings (SSSR count). The molecule has 0 spiro atoms. The maximum Gasteiger partial charge on any atom is 0.223 e. The average molecular weight is 300 g/mol. The number of phenols is 2. The van der Waals surface area contributed by atoms with Gasteiger partial charge in [0, 0.05) is 24.9 Å². The van der Waals surface area contributed by atoms with Crippen molar-refractivity contribution in [3.8, 4) is 11.5 Å². The van der Waals surface area contributed by atoms with Gasteiger partial charge in [-0.15, -0.1) is 0 Å². The van der Waals surface area contributed by atoms with E-state index >= 15 is 0 Å². The average Bonchev–Trinajstić information content (AvgIpc) is 2.52. The zero-order chi connectivity index (χ0) is 15.9. The van der Waals surface area contributed by atoms with Gasteiger partial charge in [0.25, 0.3) is 0 Å². The lowest BCUT2D eigenvalue weighted by atomic mass is 10.00. The van der Waals surface area contributed by atoms with Crippen LogP contribution in [0.5, 0.6) is 11.5 Å². The summed E-state index contributed by atoms with van der Waals surface area (Å²) in [7, 11) is 0. The van der Waals surface area contributed by atoms with Crippen LogP contribution < -0.4 is 5.32 Å². The fraction of sp³-hybridized carbons (Fsp3) is 0.294. The summed E-state index contributed by atoms with van der Waals surface area (Å²) in [5.41, 5.74) is 1.94. The molecule has 0 bridgehead atoms. The summed E-state index contributed by atoms with van der Waals surface area (Å²) in [6, 6.07) is 8.47. The van der Waals surface area contributed by atoms with E-state index in [0.29, 0.717) is 13.0 Å². The van der Waals surface area contributed by atoms with E-state index in [1.54, 1.807) is 18.5 Å². The molecule has 0 saturated heterocycles. The number of carbonyl (C=O) groups is 1. The summed E-state index contributed by atoms with van der Waals surface area (Å²) >= 11 is 0. The van der Waals surface area contributed by atoms with Gasteiger partial charge in [-0.3, -0.25) is 9.78 Å². The molecule has 0 aliphatic heterocycles. The molecule has 116 valence electrons. The summed E-state index contributed by atoms with van der Waals surface area (Å²) in [6.07, 6.45) is 4.74. The Labute approximate surface area is 129 Å². The molecular weight excluding hydrogens is 280 g/mol. The van der Waals surface area contributed by atoms with Crippen molar-refractivity contribution in [3.05, 3.63) is 53.9 Å². The van der Waals surface area contributed by atoms with Gasteiger partial charge < -0.3 is 15.5 Å². The minimum absolute atomic E-state index is 0.0263. The van der Waals surface area contributed by atoms with Crippen molar-refractivity contribution in [2.75, 3.05) is 6.54 Å². The predicted octanol–water partition coefficient (Wildman–Crippen LogP) is 2.03. The van der Waals surface area contributed by atoms with Crippen molar-refractivity contribution in [3.63, 3.8) is 0 Å². The Bertz CT molecular complexity index is 629. The highest BCUT2D eigenvalue weighted by molar-refractivity contribution is 5.78. The highest BCUT2D eigenvalue weighted by Gasteiger charge is 2.14. The molecule has 0 aliphatic carbocycles. The molecule has 1 unspecified atom stereocenters. The smallest absolute Gasteiger partial charge is 0.223 e. The number of rotatable bonds is 6. The second-order valence-electron chi connectivity index (χ2n) is 5.32. The lowest BCUT2D eigenvalue weighted by Crippen LogP contribution is -2.31. The van der Waals surface area contributed by atoms with E-state index in [1.807, 2.05) is 19.1 Å². The zero-order valence-corrected chi connectivity index (χ0v) is 12.5. The van der Waals surface area contributed by atoms with Crippen LogP contribution in [0.4, 0.5) is 0 Å². The predicted molar refractivity (Wildman–Crippen MR) is 83.6 cm³/mol. The van der Waals surface area contributed by atoms with Gasteiger partial charge in [0.15, 0.2) is 11.5 Å². The number of pyridine rings is 1. The highest BCUT2D eigenvalue weighted by atomic mass is 16.3. The monoisotopic (exact) mass is 300 g/mol. The quantitative estimate of drug-likeness (QED) is 0.713. The van der Waals surface area contributed by atoms with Crippen LogP contribution in [0.1, 0.15) is 18.1 Å². The molecule has 1 amide bonds. The standard InChI is InChI=1S/C17H20N2O3/c1-12(10-14-2-3-15(20)16(21)11-14)17(22)19-9-6-13-4-7-18-8-5-13/h2-5,7-8,11-12,20-21H,6,9-10H2,1H3,(H,19,22). The van der Waals surface area contributed by atoms with Crippen molar-refractivity contribution < 1.29 is 15.0 Å². The number of phenolic OH excluding ortho intramolecular Hbond substituents is 2. The molecule has 0 fully saturated rings. The Morgan fingerprint density at radius 3 is 2.55 bits per heavy atom. The molecule has 1 heterocycles. The number of nitrogens with zero attached hydrogens (tertiary/aromatic N) is 1. The topological polar surface area (TPSA) is 82.5 Å². The van der Waals surface area contributed by atoms with E-state index < -0.39 is 0 Å². The normalized spacial score (nSPS) is 11.9. The SMILES string of the molecule is CC(Cc1ccc(O)c(O)c1)C(=O)NCCc1ccncc1. The lowest BCUT2D eigenvalue weighted by molar-refractivity contribution is -0.124. The first kappa shape index (κ1) is 15.8. The molecule has 0 saturated carbocycles. The summed E-state index contributed by atoms with van der Waals surface area (Å²) in [5, 5.41) is 21.6. The first-order valence-electron chi connectivity index (χ1n) is 7.23. The van der Waals surface area contributed by atoms with Crippen molar-refractivity contribution in [1.29, 1.82) is 0 Å². The molecule has 1 aromatic carbocycles. The third-order valence-electron chi connectivity index (χ3n) is 3.49. The fourth-order valence-electron chi connectivity index (χ4n) is 2.20. The van der Waals surface area contributed by atoms with Gasteiger partial charge >= 0.3 is 0 Å². The van der Waals surface area contributed by atoms with E-state index in [-0.39, 0.29) is 23.3 Å². The minimum Gasteiger partial charge on any atom is -0.504 e. The van der Waals surface area contributed by atoms with Crippen molar-refractivity contribution in [1.82, 2.24) is 10.3 Å². The van der Waals surface area contributed by atoms with Crippen LogP contribution >= 0.6 is 0 Å². The van der Waals surface area contributed by atoms with Crippen LogP contribution in [0.2, 0.25) is 0 Å². The van der Waals surface area contributed by atoms with Gasteiger partial charge in [-0.05, 0) is 48.2 Å². The van der Waals surface area contributed by atoms with Crippen LogP contribution in [-0.4, -0.2) is 27.6 Å². The number of hydrogen-bond acceptors (Lipinski definition) is 4. The van der Waals surface area contributed by atoms with Gasteiger partial charge in [-0.2, -0.15) is 0 Å². The second-order valence-corrected chi connectivity index (χ2v) is 5.32. The molecule has 1 aromatic heterocycles. The van der Waals surface area contributed by atoms with Crippen LogP contribution in [0.25, 0.3) is 0 Å². The number of benzene rings is 1. The van der Waals surface area contributed by atoms with E-state index in [1.165, 1.54) is 12.1 Å². The molecule has 0 aliphatic rings. The molecular formula is C17H20N2O3. The second kappa shape index (κ2) is 7.45. The molecule has 5 nitrogen and oxygen atoms in total. The lowest BCUT2D eigenvalue weighted by Gasteiger charge is -2.12. The Morgan fingerprint density at radius 1 is 1.14 bits per heavy atom. The third kappa shape index (κ3) is 4.48. The van der Waals surface area contributed by atoms with Crippen LogP contribution in [0.3, 0.4) is 0 Å². The first-order chi connectivity index (χ1) is 10.6. The molecule has 3 N–H and O–H groups in total. The van der Waals surface area contributed by atoms with Gasteiger partial charge in [0.05, 0.1) is 0 Å². The summed E-state index contributed by atoms with van der Waals surface area (Å²) in [6.45, 7) is 2.42. The van der Waals surface area contributed by atoms with Crippen molar-refractivity contribution in [2.24, 2.45) is 5.92 Å². The van der Waals surface area contributed by atoms with Crippen molar-refractivity contribution in [2.45, 2.75) is 19.8 Å². The summed E-state index contributed by atoms with van der Waals surface area (Å²) in [5.74, 6) is -0.552. The largest absolute Gasteiger partial charge is 0.504 e. The highest BCUT2D eigenvalue weighted by Crippen LogP contribution is 2.26. The zero-order valence-electron chi connectivity index (χ0n) is 12.5. The van der Waals surface area contributed by atoms with Gasteiger partial charge in [-0.1, -0.05) is 13.0 Å². The molecule has 2 aromatic rings. The summed E-state index contributed by atoms with van der Waals surface area (Å²) < 4.78 is 0. The first-order valence-corrected chi connectivity index (χ1v) is 7.23. The Kier molecular flexibility index (Phi) is 5.36. The number of aromatic nitrogens is 1. The Balaban J connectivity index is 1.80. The number of nitrogens with one attached hydrogen (secondary N) is 1. The number of aromatic hydroxyl groups is 2. The third-order valence-corrected chi connectivity index (χ3v) is 3.49. The fourth-order valence-corrected chi connectivity index (χ4v) is 2.20. The van der Waals surface area contributed by atoms with Gasteiger partial charge in [-0.25, -0.2) is 0 Å². The van der Waals surface area contributed by atoms with Crippen LogP contribution in [0.15, 0.2) is 42.7 Å². The molecule has 0 radical (unpaired) electrons.